The average Bonchev–Trinajstić information content (AvgIpc) is 3.52. The molecule has 0 bridgehead atoms. The zero-order chi connectivity index (χ0) is 27.6. The Morgan fingerprint density at radius 2 is 1.79 bits per heavy atom. The number of rotatable bonds is 10. The molecule has 0 spiro atoms. The maximum atomic E-state index is 13.6. The largest absolute Gasteiger partial charge is 0.494 e. The Kier molecular flexibility index (Phi) is 7.71. The molecule has 0 aliphatic carbocycles. The molecule has 0 saturated carbocycles. The van der Waals surface area contributed by atoms with Crippen LogP contribution in [0.2, 0.25) is 0 Å². The lowest BCUT2D eigenvalue weighted by molar-refractivity contribution is 0.171. The second-order valence-electron chi connectivity index (χ2n) is 8.40. The van der Waals surface area contributed by atoms with Crippen LogP contribution >= 0.6 is 0 Å². The molecule has 0 aliphatic heterocycles. The molecule has 202 valence electrons. The van der Waals surface area contributed by atoms with Gasteiger partial charge in [0.15, 0.2) is 5.76 Å². The van der Waals surface area contributed by atoms with Gasteiger partial charge in [-0.1, -0.05) is 12.1 Å². The first-order valence-corrected chi connectivity index (χ1v) is 13.0. The lowest BCUT2D eigenvalue weighted by atomic mass is 10.0. The molecular weight excluding hydrogens is 519 g/mol. The summed E-state index contributed by atoms with van der Waals surface area (Å²) in [5.41, 5.74) is 0.446. The number of nitrogens with zero attached hydrogens (tertiary/aromatic N) is 3. The Bertz CT molecular complexity index is 1530. The van der Waals surface area contributed by atoms with E-state index >= 15 is 0 Å². The van der Waals surface area contributed by atoms with Gasteiger partial charge >= 0.3 is 0 Å². The van der Waals surface area contributed by atoms with E-state index in [1.54, 1.807) is 37.3 Å². The summed E-state index contributed by atoms with van der Waals surface area (Å²) in [7, 11) is -1.45. The first-order chi connectivity index (χ1) is 18.1. The minimum Gasteiger partial charge on any atom is -0.494 e. The highest BCUT2D eigenvalue weighted by Crippen LogP contribution is 2.38. The first kappa shape index (κ1) is 27.1. The number of methoxy groups -OCH3 is 2. The van der Waals surface area contributed by atoms with Crippen molar-refractivity contribution in [1.82, 2.24) is 14.8 Å². The van der Waals surface area contributed by atoms with E-state index in [0.29, 0.717) is 28.7 Å². The average molecular weight is 547 g/mol. The van der Waals surface area contributed by atoms with Crippen LogP contribution in [0.1, 0.15) is 29.9 Å². The predicted octanol–water partition coefficient (Wildman–Crippen LogP) is 3.35. The van der Waals surface area contributed by atoms with E-state index in [-0.39, 0.29) is 22.9 Å². The minimum atomic E-state index is -4.34. The van der Waals surface area contributed by atoms with Crippen molar-refractivity contribution < 1.29 is 36.9 Å². The van der Waals surface area contributed by atoms with Gasteiger partial charge in [-0.25, -0.2) is 12.8 Å². The van der Waals surface area contributed by atoms with E-state index in [1.807, 2.05) is 0 Å². The molecular formula is C25H27FN4O7S. The minimum absolute atomic E-state index is 0.0666. The van der Waals surface area contributed by atoms with E-state index in [2.05, 4.69) is 14.9 Å². The van der Waals surface area contributed by atoms with Gasteiger partial charge in [-0.3, -0.25) is 9.29 Å². The molecule has 0 radical (unpaired) electrons. The molecule has 3 N–H and O–H groups in total. The number of para-hydroxylation sites is 1. The number of aryl methyl sites for hydroxylation is 1. The quantitative estimate of drug-likeness (QED) is 0.272. The normalized spacial score (nSPS) is 13.2. The molecule has 4 rings (SSSR count). The van der Waals surface area contributed by atoms with Gasteiger partial charge in [0.25, 0.3) is 0 Å². The van der Waals surface area contributed by atoms with Crippen molar-refractivity contribution in [3.8, 4) is 28.8 Å². The van der Waals surface area contributed by atoms with Crippen LogP contribution in [0.15, 0.2) is 52.9 Å². The van der Waals surface area contributed by atoms with Crippen LogP contribution in [0.5, 0.6) is 11.5 Å². The summed E-state index contributed by atoms with van der Waals surface area (Å²) in [6.07, 6.45) is -1.60. The van der Waals surface area contributed by atoms with E-state index < -0.39 is 33.8 Å². The van der Waals surface area contributed by atoms with Gasteiger partial charge in [0.1, 0.15) is 34.0 Å². The molecule has 2 aromatic heterocycles. The van der Waals surface area contributed by atoms with Gasteiger partial charge in [0, 0.05) is 0 Å². The third-order valence-corrected chi connectivity index (χ3v) is 7.71. The summed E-state index contributed by atoms with van der Waals surface area (Å²) in [4.78, 5) is 0. The van der Waals surface area contributed by atoms with Gasteiger partial charge in [-0.05, 0) is 61.4 Å². The summed E-state index contributed by atoms with van der Waals surface area (Å²) < 4.78 is 61.0. The van der Waals surface area contributed by atoms with Crippen molar-refractivity contribution in [3.63, 3.8) is 0 Å². The standard InChI is InChI=1S/C25H27FN4O7S/c1-14-8-11-21(37-14)24-27-28-25(30(24)22-19(35-3)6-5-7-20(22)36-4)29-38(33,34)15(2)23(32)18-10-9-17(26)12-16(18)13-31/h5-12,15,23,31-32H,13H2,1-4H3,(H,28,29)/t15-,23+/m0/s1. The predicted molar refractivity (Wildman–Crippen MR) is 136 cm³/mol. The number of benzene rings is 2. The molecule has 38 heavy (non-hydrogen) atoms. The van der Waals surface area contributed by atoms with Crippen LogP contribution in [0.4, 0.5) is 10.3 Å². The molecule has 0 saturated heterocycles. The Labute approximate surface area is 218 Å². The number of aliphatic hydroxyl groups is 2. The third kappa shape index (κ3) is 5.08. The summed E-state index contributed by atoms with van der Waals surface area (Å²) in [5.74, 6) is 0.880. The number of halogens is 1. The summed E-state index contributed by atoms with van der Waals surface area (Å²) in [6, 6.07) is 11.7. The van der Waals surface area contributed by atoms with E-state index in [9.17, 15) is 23.0 Å². The number of sulfonamides is 1. The first-order valence-electron chi connectivity index (χ1n) is 11.4. The van der Waals surface area contributed by atoms with E-state index in [4.69, 9.17) is 13.9 Å². The molecule has 2 atom stereocenters. The van der Waals surface area contributed by atoms with Crippen molar-refractivity contribution in [2.24, 2.45) is 0 Å². The van der Waals surface area contributed by atoms with Gasteiger partial charge in [-0.2, -0.15) is 0 Å². The Morgan fingerprint density at radius 1 is 1.11 bits per heavy atom. The van der Waals surface area contributed by atoms with Gasteiger partial charge < -0.3 is 24.1 Å². The Morgan fingerprint density at radius 3 is 2.37 bits per heavy atom. The molecule has 0 amide bonds. The van der Waals surface area contributed by atoms with E-state index in [0.717, 1.165) is 12.1 Å². The zero-order valence-corrected chi connectivity index (χ0v) is 21.9. The van der Waals surface area contributed by atoms with Crippen LogP contribution < -0.4 is 14.2 Å². The molecule has 2 heterocycles. The van der Waals surface area contributed by atoms with Gasteiger partial charge in [0.05, 0.1) is 26.9 Å². The Hall–Kier alpha value is -3.94. The third-order valence-electron chi connectivity index (χ3n) is 6.01. The second-order valence-corrected chi connectivity index (χ2v) is 10.4. The molecule has 13 heteroatoms. The van der Waals surface area contributed by atoms with Crippen molar-refractivity contribution in [2.45, 2.75) is 31.8 Å². The molecule has 11 nitrogen and oxygen atoms in total. The van der Waals surface area contributed by atoms with Crippen molar-refractivity contribution >= 4 is 16.0 Å². The highest BCUT2D eigenvalue weighted by molar-refractivity contribution is 7.93. The Balaban J connectivity index is 1.81. The number of nitrogens with one attached hydrogen (secondary N) is 1. The van der Waals surface area contributed by atoms with Crippen LogP contribution in [-0.4, -0.2) is 52.9 Å². The summed E-state index contributed by atoms with van der Waals surface area (Å²) in [6.45, 7) is 2.44. The maximum absolute atomic E-state index is 13.6. The number of hydrogen-bond donors (Lipinski definition) is 3. The molecule has 0 unspecified atom stereocenters. The summed E-state index contributed by atoms with van der Waals surface area (Å²) >= 11 is 0. The zero-order valence-electron chi connectivity index (χ0n) is 21.0. The maximum Gasteiger partial charge on any atom is 0.243 e. The SMILES string of the molecule is COc1cccc(OC)c1-n1c(NS(=O)(=O)[C@@H](C)[C@@H](O)c2ccc(F)cc2CO)nnc1-c1ccc(C)o1. The number of aromatic nitrogens is 3. The molecule has 0 aliphatic rings. The smallest absolute Gasteiger partial charge is 0.243 e. The number of furan rings is 1. The highest BCUT2D eigenvalue weighted by atomic mass is 32.2. The van der Waals surface area contributed by atoms with Crippen molar-refractivity contribution in [3.05, 3.63) is 71.2 Å². The lowest BCUT2D eigenvalue weighted by Crippen LogP contribution is -2.32. The topological polar surface area (TPSA) is 149 Å². The van der Waals surface area contributed by atoms with Gasteiger partial charge in [0.2, 0.25) is 21.8 Å². The van der Waals surface area contributed by atoms with Crippen LogP contribution in [0, 0.1) is 12.7 Å². The fourth-order valence-electron chi connectivity index (χ4n) is 3.97. The lowest BCUT2D eigenvalue weighted by Gasteiger charge is -2.23. The number of ether oxygens (including phenoxy) is 2. The molecule has 4 aromatic rings. The summed E-state index contributed by atoms with van der Waals surface area (Å²) in [5, 5.41) is 27.2. The number of hydrogen-bond acceptors (Lipinski definition) is 9. The highest BCUT2D eigenvalue weighted by Gasteiger charge is 2.33. The van der Waals surface area contributed by atoms with Gasteiger partial charge in [-0.15, -0.1) is 10.2 Å². The van der Waals surface area contributed by atoms with E-state index in [1.165, 1.54) is 31.8 Å². The molecule has 2 aromatic carbocycles. The van der Waals surface area contributed by atoms with Crippen molar-refractivity contribution in [2.75, 3.05) is 18.9 Å². The second kappa shape index (κ2) is 10.8. The fourth-order valence-corrected chi connectivity index (χ4v) is 5.03. The number of anilines is 1. The van der Waals surface area contributed by atoms with Crippen LogP contribution in [0.3, 0.4) is 0 Å². The number of aliphatic hydroxyl groups excluding tert-OH is 2. The van der Waals surface area contributed by atoms with Crippen LogP contribution in [-0.2, 0) is 16.6 Å². The van der Waals surface area contributed by atoms with Crippen molar-refractivity contribution in [1.29, 1.82) is 0 Å². The monoisotopic (exact) mass is 546 g/mol. The fraction of sp³-hybridized carbons (Fsp3) is 0.280. The molecule has 0 fully saturated rings. The van der Waals surface area contributed by atoms with Crippen LogP contribution in [0.25, 0.3) is 17.3 Å².